The Morgan fingerprint density at radius 3 is 2.36 bits per heavy atom. The van der Waals surface area contributed by atoms with Gasteiger partial charge in [0.25, 0.3) is 0 Å². The van der Waals surface area contributed by atoms with E-state index in [1.54, 1.807) is 0 Å². The molecule has 3 aromatic rings. The summed E-state index contributed by atoms with van der Waals surface area (Å²) in [5, 5.41) is 21.0. The fraction of sp³-hybridized carbons (Fsp3) is 0.442. The monoisotopic (exact) mass is 620 g/mol. The van der Waals surface area contributed by atoms with Crippen molar-refractivity contribution >= 4 is 22.7 Å². The minimum atomic E-state index is -0.308. The van der Waals surface area contributed by atoms with Gasteiger partial charge in [-0.3, -0.25) is 0 Å². The summed E-state index contributed by atoms with van der Waals surface area (Å²) in [6.45, 7) is 21.0. The second-order valence-corrected chi connectivity index (χ2v) is 17.0. The number of benzene rings is 2. The van der Waals surface area contributed by atoms with Crippen molar-refractivity contribution in [2.45, 2.75) is 110 Å². The third kappa shape index (κ3) is 4.67. The van der Waals surface area contributed by atoms with Gasteiger partial charge in [0.2, 0.25) is 0 Å². The summed E-state index contributed by atoms with van der Waals surface area (Å²) >= 11 is 0. The molecule has 4 aliphatic rings. The molecule has 0 N–H and O–H groups in total. The van der Waals surface area contributed by atoms with Crippen molar-refractivity contribution in [3.63, 3.8) is 0 Å². The molecule has 0 radical (unpaired) electrons. The zero-order valence-corrected chi connectivity index (χ0v) is 29.6. The van der Waals surface area contributed by atoms with Crippen molar-refractivity contribution in [2.24, 2.45) is 11.3 Å². The number of hydrogen-bond donors (Lipinski definition) is 0. The Kier molecular flexibility index (Phi) is 6.90. The molecular weight excluding hydrogens is 573 g/mol. The molecule has 0 saturated heterocycles. The predicted molar refractivity (Wildman–Crippen MR) is 194 cm³/mol. The second kappa shape index (κ2) is 10.4. The zero-order chi connectivity index (χ0) is 33.7. The van der Waals surface area contributed by atoms with Gasteiger partial charge in [0, 0.05) is 51.0 Å². The van der Waals surface area contributed by atoms with Gasteiger partial charge < -0.3 is 9.47 Å². The Morgan fingerprint density at radius 1 is 0.915 bits per heavy atom. The molecule has 240 valence electrons. The third-order valence-electron chi connectivity index (χ3n) is 11.9. The van der Waals surface area contributed by atoms with E-state index >= 15 is 0 Å². The van der Waals surface area contributed by atoms with Crippen LogP contribution in [0.15, 0.2) is 77.5 Å². The first-order valence-electron chi connectivity index (χ1n) is 17.3. The van der Waals surface area contributed by atoms with Gasteiger partial charge in [-0.15, -0.1) is 0 Å². The first-order valence-corrected chi connectivity index (χ1v) is 17.3. The fourth-order valence-electron chi connectivity index (χ4n) is 8.82. The van der Waals surface area contributed by atoms with Crippen molar-refractivity contribution < 1.29 is 0 Å². The van der Waals surface area contributed by atoms with Crippen LogP contribution in [0.4, 0.5) is 5.69 Å². The normalized spacial score (nSPS) is 26.9. The summed E-state index contributed by atoms with van der Waals surface area (Å²) in [5.41, 5.74) is 11.8. The number of hydrogen-bond acceptors (Lipinski definition) is 3. The molecule has 4 atom stereocenters. The molecule has 2 heterocycles. The average molecular weight is 621 g/mol. The molecule has 7 rings (SSSR count). The minimum absolute atomic E-state index is 0.0278. The molecule has 4 heteroatoms. The number of allylic oxidation sites excluding steroid dienone is 5. The third-order valence-corrected chi connectivity index (χ3v) is 11.9. The highest BCUT2D eigenvalue weighted by Gasteiger charge is 2.50. The summed E-state index contributed by atoms with van der Waals surface area (Å²) in [4.78, 5) is 2.59. The van der Waals surface area contributed by atoms with Crippen LogP contribution >= 0.6 is 0 Å². The maximum Gasteiger partial charge on any atom is 0.0991 e. The van der Waals surface area contributed by atoms with Crippen LogP contribution in [-0.4, -0.2) is 10.6 Å². The molecule has 1 aromatic heterocycles. The number of anilines is 1. The molecule has 0 saturated carbocycles. The van der Waals surface area contributed by atoms with Crippen LogP contribution in [0.5, 0.6) is 0 Å². The lowest BCUT2D eigenvalue weighted by molar-refractivity contribution is 0.192. The molecular formula is C43H48N4. The molecule has 1 aliphatic heterocycles. The predicted octanol–water partition coefficient (Wildman–Crippen LogP) is 10.4. The molecule has 2 aromatic carbocycles. The first kappa shape index (κ1) is 31.3. The molecule has 0 spiro atoms. The van der Waals surface area contributed by atoms with E-state index in [0.29, 0.717) is 11.5 Å². The first-order chi connectivity index (χ1) is 22.1. The van der Waals surface area contributed by atoms with Crippen LogP contribution < -0.4 is 4.90 Å². The van der Waals surface area contributed by atoms with Crippen molar-refractivity contribution in [3.8, 4) is 12.1 Å². The Bertz CT molecular complexity index is 2040. The van der Waals surface area contributed by atoms with Gasteiger partial charge in [-0.25, -0.2) is 0 Å². The van der Waals surface area contributed by atoms with Crippen LogP contribution in [0.2, 0.25) is 0 Å². The van der Waals surface area contributed by atoms with Crippen LogP contribution in [0.3, 0.4) is 0 Å². The summed E-state index contributed by atoms with van der Waals surface area (Å²) < 4.78 is 2.68. The van der Waals surface area contributed by atoms with E-state index in [-0.39, 0.29) is 27.8 Å². The fourth-order valence-corrected chi connectivity index (χ4v) is 8.82. The smallest absolute Gasteiger partial charge is 0.0991 e. The summed E-state index contributed by atoms with van der Waals surface area (Å²) in [6, 6.07) is 18.3. The van der Waals surface area contributed by atoms with Crippen LogP contribution in [0.1, 0.15) is 110 Å². The van der Waals surface area contributed by atoms with Gasteiger partial charge in [0.05, 0.1) is 29.3 Å². The van der Waals surface area contributed by atoms with Crippen LogP contribution in [0.25, 0.3) is 17.0 Å². The van der Waals surface area contributed by atoms with E-state index < -0.39 is 0 Å². The van der Waals surface area contributed by atoms with Crippen molar-refractivity contribution in [1.29, 1.82) is 10.5 Å². The molecule has 47 heavy (non-hydrogen) atoms. The van der Waals surface area contributed by atoms with Crippen LogP contribution in [-0.2, 0) is 22.8 Å². The number of aromatic nitrogens is 1. The number of rotatable bonds is 2. The SMILES string of the molecule is CC1CC=C(N2c3ccc(C(C)(C)C)cc3C3(C)C=C(C#N)C=CC23)CC1(C)n1c2c(c3cc(C#N)ccc31)C=C(C(C)(C)C)CC2. The van der Waals surface area contributed by atoms with E-state index in [1.807, 2.05) is 12.1 Å². The topological polar surface area (TPSA) is 55.8 Å². The Hall–Kier alpha value is -4.28. The maximum absolute atomic E-state index is 9.93. The van der Waals surface area contributed by atoms with Gasteiger partial charge >= 0.3 is 0 Å². The zero-order valence-electron chi connectivity index (χ0n) is 29.6. The van der Waals surface area contributed by atoms with Gasteiger partial charge in [0.15, 0.2) is 0 Å². The largest absolute Gasteiger partial charge is 0.337 e. The average Bonchev–Trinajstić information content (AvgIpc) is 3.49. The minimum Gasteiger partial charge on any atom is -0.337 e. The van der Waals surface area contributed by atoms with Gasteiger partial charge in [-0.05, 0) is 91.3 Å². The Balaban J connectivity index is 1.39. The summed E-state index contributed by atoms with van der Waals surface area (Å²) in [6.07, 6.45) is 15.4. The molecule has 0 fully saturated rings. The molecule has 4 unspecified atom stereocenters. The van der Waals surface area contributed by atoms with E-state index in [4.69, 9.17) is 0 Å². The van der Waals surface area contributed by atoms with Crippen molar-refractivity contribution in [1.82, 2.24) is 4.57 Å². The van der Waals surface area contributed by atoms with Gasteiger partial charge in [0.1, 0.15) is 0 Å². The summed E-state index contributed by atoms with van der Waals surface area (Å²) in [7, 11) is 0. The maximum atomic E-state index is 9.93. The standard InChI is InChI=1S/C43H48N4/c1-27-10-15-32(46-38-18-14-31(41(5,6)7)22-35(38)42(8)23-29(26-45)12-19-39(42)46)24-43(27,9)47-36-16-11-28(25-44)20-33(36)34-21-30(40(2,3)4)13-17-37(34)47/h11-12,14-16,18-23,27,39H,10,13,17,24H2,1-9H3. The lowest BCUT2D eigenvalue weighted by Gasteiger charge is -2.46. The Morgan fingerprint density at radius 2 is 1.68 bits per heavy atom. The second-order valence-electron chi connectivity index (χ2n) is 17.0. The van der Waals surface area contributed by atoms with Gasteiger partial charge in [-0.1, -0.05) is 90.5 Å². The van der Waals surface area contributed by atoms with E-state index in [0.717, 1.165) is 31.3 Å². The van der Waals surface area contributed by atoms with Crippen LogP contribution in [0, 0.1) is 34.0 Å². The molecule has 0 bridgehead atoms. The highest BCUT2D eigenvalue weighted by molar-refractivity contribution is 5.94. The highest BCUT2D eigenvalue weighted by atomic mass is 15.2. The van der Waals surface area contributed by atoms with Gasteiger partial charge in [-0.2, -0.15) is 10.5 Å². The number of nitrogens with zero attached hydrogens (tertiary/aromatic N) is 4. The summed E-state index contributed by atoms with van der Waals surface area (Å²) in [5.74, 6) is 0.415. The van der Waals surface area contributed by atoms with E-state index in [9.17, 15) is 10.5 Å². The quantitative estimate of drug-likeness (QED) is 0.286. The molecule has 3 aliphatic carbocycles. The Labute approximate surface area is 281 Å². The van der Waals surface area contributed by atoms with Crippen molar-refractivity contribution in [2.75, 3.05) is 4.90 Å². The van der Waals surface area contributed by atoms with E-state index in [1.165, 1.54) is 50.2 Å². The number of nitriles is 2. The van der Waals surface area contributed by atoms with E-state index in [2.05, 4.69) is 139 Å². The molecule has 4 nitrogen and oxygen atoms in total. The van der Waals surface area contributed by atoms with Crippen molar-refractivity contribution in [3.05, 3.63) is 105 Å². The highest BCUT2D eigenvalue weighted by Crippen LogP contribution is 2.55. The molecule has 0 amide bonds. The lowest BCUT2D eigenvalue weighted by Crippen LogP contribution is -2.47. The lowest BCUT2D eigenvalue weighted by atomic mass is 9.72. The number of fused-ring (bicyclic) bond motifs is 6.